The van der Waals surface area contributed by atoms with Crippen LogP contribution >= 0.6 is 24.0 Å². The number of guanidine groups is 1. The first kappa shape index (κ1) is 24.1. The second kappa shape index (κ2) is 10.3. The summed E-state index contributed by atoms with van der Waals surface area (Å²) in [5.74, 6) is 0.653. The first-order chi connectivity index (χ1) is 11.1. The molecule has 3 N–H and O–H groups in total. The van der Waals surface area contributed by atoms with E-state index in [2.05, 4.69) is 34.2 Å². The summed E-state index contributed by atoms with van der Waals surface area (Å²) in [5.41, 5.74) is 0.161. The molecule has 0 aliphatic rings. The van der Waals surface area contributed by atoms with E-state index in [9.17, 15) is 8.42 Å². The minimum absolute atomic E-state index is 0. The van der Waals surface area contributed by atoms with Crippen LogP contribution < -0.4 is 15.4 Å². The largest absolute Gasteiger partial charge is 0.354 e. The van der Waals surface area contributed by atoms with Gasteiger partial charge < -0.3 is 10.6 Å². The molecule has 0 fully saturated rings. The topological polar surface area (TPSA) is 82.6 Å². The Labute approximate surface area is 169 Å². The standard InChI is InChI=1S/C17H30N4O2S.HI/c1-7-13(2)20-16(18-6)19-12-14-10-8-9-11-15(14)24(22,23)21-17(3,4)5;/h8-11,13,21H,7,12H2,1-6H3,(H2,18,19,20);1H. The minimum atomic E-state index is -3.58. The molecule has 1 unspecified atom stereocenters. The molecule has 0 saturated heterocycles. The molecule has 0 amide bonds. The summed E-state index contributed by atoms with van der Waals surface area (Å²) in [6.07, 6.45) is 0.973. The monoisotopic (exact) mass is 482 g/mol. The van der Waals surface area contributed by atoms with Gasteiger partial charge in [-0.05, 0) is 45.7 Å². The number of hydrogen-bond donors (Lipinski definition) is 3. The highest BCUT2D eigenvalue weighted by molar-refractivity contribution is 14.0. The molecule has 0 aromatic heterocycles. The Morgan fingerprint density at radius 3 is 2.36 bits per heavy atom. The van der Waals surface area contributed by atoms with Crippen LogP contribution in [0, 0.1) is 0 Å². The van der Waals surface area contributed by atoms with Gasteiger partial charge in [0, 0.05) is 25.2 Å². The molecule has 0 radical (unpaired) electrons. The Bertz CT molecular complexity index is 669. The molecule has 0 saturated carbocycles. The fourth-order valence-corrected chi connectivity index (χ4v) is 3.74. The Kier molecular flexibility index (Phi) is 9.96. The fraction of sp³-hybridized carbons (Fsp3) is 0.588. The summed E-state index contributed by atoms with van der Waals surface area (Å²) in [6, 6.07) is 7.28. The number of rotatable bonds is 6. The first-order valence-electron chi connectivity index (χ1n) is 8.18. The zero-order valence-corrected chi connectivity index (χ0v) is 19.0. The molecule has 1 aromatic carbocycles. The Morgan fingerprint density at radius 1 is 1.24 bits per heavy atom. The van der Waals surface area contributed by atoms with Crippen molar-refractivity contribution >= 4 is 40.0 Å². The highest BCUT2D eigenvalue weighted by atomic mass is 127. The number of aliphatic imine (C=N–C) groups is 1. The molecule has 0 bridgehead atoms. The van der Waals surface area contributed by atoms with Crippen LogP contribution in [-0.4, -0.2) is 33.0 Å². The Morgan fingerprint density at radius 2 is 1.84 bits per heavy atom. The summed E-state index contributed by atoms with van der Waals surface area (Å²) < 4.78 is 27.9. The van der Waals surface area contributed by atoms with Crippen LogP contribution in [0.4, 0.5) is 0 Å². The van der Waals surface area contributed by atoms with Crippen LogP contribution in [0.3, 0.4) is 0 Å². The molecule has 1 rings (SSSR count). The summed E-state index contributed by atoms with van der Waals surface area (Å²) in [7, 11) is -1.89. The summed E-state index contributed by atoms with van der Waals surface area (Å²) >= 11 is 0. The van der Waals surface area contributed by atoms with Crippen molar-refractivity contribution in [3.05, 3.63) is 29.8 Å². The normalized spacial score (nSPS) is 13.8. The fourth-order valence-electron chi connectivity index (χ4n) is 2.08. The summed E-state index contributed by atoms with van der Waals surface area (Å²) in [4.78, 5) is 4.46. The summed E-state index contributed by atoms with van der Waals surface area (Å²) in [5, 5.41) is 6.43. The van der Waals surface area contributed by atoms with E-state index in [0.29, 0.717) is 18.1 Å². The van der Waals surface area contributed by atoms with E-state index < -0.39 is 15.6 Å². The quantitative estimate of drug-likeness (QED) is 0.331. The van der Waals surface area contributed by atoms with Gasteiger partial charge in [-0.15, -0.1) is 24.0 Å². The van der Waals surface area contributed by atoms with Gasteiger partial charge >= 0.3 is 0 Å². The van der Waals surface area contributed by atoms with Crippen LogP contribution in [0.25, 0.3) is 0 Å². The second-order valence-corrected chi connectivity index (χ2v) is 8.49. The second-order valence-electron chi connectivity index (χ2n) is 6.84. The highest BCUT2D eigenvalue weighted by Crippen LogP contribution is 2.17. The number of sulfonamides is 1. The van der Waals surface area contributed by atoms with Gasteiger partial charge in [-0.2, -0.15) is 0 Å². The van der Waals surface area contributed by atoms with Crippen molar-refractivity contribution in [1.29, 1.82) is 0 Å². The van der Waals surface area contributed by atoms with Gasteiger partial charge in [0.15, 0.2) is 5.96 Å². The van der Waals surface area contributed by atoms with Gasteiger partial charge in [-0.3, -0.25) is 4.99 Å². The van der Waals surface area contributed by atoms with E-state index in [0.717, 1.165) is 6.42 Å². The first-order valence-corrected chi connectivity index (χ1v) is 9.66. The van der Waals surface area contributed by atoms with E-state index in [4.69, 9.17) is 0 Å². The number of nitrogens with zero attached hydrogens (tertiary/aromatic N) is 1. The van der Waals surface area contributed by atoms with E-state index >= 15 is 0 Å². The molecule has 6 nitrogen and oxygen atoms in total. The predicted octanol–water partition coefficient (Wildman–Crippen LogP) is 2.84. The van der Waals surface area contributed by atoms with Crippen molar-refractivity contribution in [3.63, 3.8) is 0 Å². The van der Waals surface area contributed by atoms with E-state index in [1.165, 1.54) is 0 Å². The van der Waals surface area contributed by atoms with Crippen LogP contribution in [0.2, 0.25) is 0 Å². The van der Waals surface area contributed by atoms with E-state index in [1.54, 1.807) is 25.2 Å². The molecule has 0 spiro atoms. The molecule has 1 aromatic rings. The van der Waals surface area contributed by atoms with Crippen molar-refractivity contribution in [2.75, 3.05) is 7.05 Å². The van der Waals surface area contributed by atoms with Gasteiger partial charge in [0.1, 0.15) is 0 Å². The molecule has 0 heterocycles. The molecule has 0 aliphatic carbocycles. The third-order valence-corrected chi connectivity index (χ3v) is 5.23. The third-order valence-electron chi connectivity index (χ3n) is 3.37. The van der Waals surface area contributed by atoms with Crippen molar-refractivity contribution in [3.8, 4) is 0 Å². The maximum atomic E-state index is 12.6. The molecule has 144 valence electrons. The van der Waals surface area contributed by atoms with Crippen molar-refractivity contribution in [2.45, 2.75) is 64.1 Å². The lowest BCUT2D eigenvalue weighted by atomic mass is 10.1. The van der Waals surface area contributed by atoms with Crippen LogP contribution in [0.5, 0.6) is 0 Å². The average molecular weight is 482 g/mol. The van der Waals surface area contributed by atoms with Crippen molar-refractivity contribution < 1.29 is 8.42 Å². The van der Waals surface area contributed by atoms with Gasteiger partial charge in [-0.25, -0.2) is 13.1 Å². The van der Waals surface area contributed by atoms with Crippen LogP contribution in [-0.2, 0) is 16.6 Å². The van der Waals surface area contributed by atoms with Gasteiger partial charge in [-0.1, -0.05) is 25.1 Å². The maximum Gasteiger partial charge on any atom is 0.241 e. The maximum absolute atomic E-state index is 12.6. The minimum Gasteiger partial charge on any atom is -0.354 e. The zero-order valence-electron chi connectivity index (χ0n) is 15.9. The summed E-state index contributed by atoms with van der Waals surface area (Å²) in [6.45, 7) is 10.00. The number of hydrogen-bond acceptors (Lipinski definition) is 3. The molecule has 25 heavy (non-hydrogen) atoms. The zero-order chi connectivity index (χ0) is 18.4. The van der Waals surface area contributed by atoms with Crippen molar-refractivity contribution in [1.82, 2.24) is 15.4 Å². The lowest BCUT2D eigenvalue weighted by molar-refractivity contribution is 0.491. The predicted molar refractivity (Wildman–Crippen MR) is 115 cm³/mol. The molecular formula is C17H31IN4O2S. The Hall–Kier alpha value is -0.870. The molecule has 1 atom stereocenters. The number of nitrogens with one attached hydrogen (secondary N) is 3. The lowest BCUT2D eigenvalue weighted by Crippen LogP contribution is -2.42. The smallest absolute Gasteiger partial charge is 0.241 e. The third kappa shape index (κ3) is 8.37. The van der Waals surface area contributed by atoms with Gasteiger partial charge in [0.05, 0.1) is 4.90 Å². The Balaban J connectivity index is 0.00000576. The van der Waals surface area contributed by atoms with E-state index in [1.807, 2.05) is 26.8 Å². The lowest BCUT2D eigenvalue weighted by Gasteiger charge is -2.22. The van der Waals surface area contributed by atoms with Crippen LogP contribution in [0.15, 0.2) is 34.2 Å². The molecular weight excluding hydrogens is 451 g/mol. The molecule has 8 heteroatoms. The van der Waals surface area contributed by atoms with E-state index in [-0.39, 0.29) is 34.9 Å². The van der Waals surface area contributed by atoms with Crippen LogP contribution in [0.1, 0.15) is 46.6 Å². The van der Waals surface area contributed by atoms with Crippen molar-refractivity contribution in [2.24, 2.45) is 4.99 Å². The van der Waals surface area contributed by atoms with Gasteiger partial charge in [0.25, 0.3) is 0 Å². The average Bonchev–Trinajstić information content (AvgIpc) is 2.49. The molecule has 0 aliphatic heterocycles. The SMILES string of the molecule is CCC(C)NC(=NC)NCc1ccccc1S(=O)(=O)NC(C)(C)C.I. The number of benzene rings is 1. The highest BCUT2D eigenvalue weighted by Gasteiger charge is 2.24. The number of halogens is 1. The van der Waals surface area contributed by atoms with Gasteiger partial charge in [0.2, 0.25) is 10.0 Å².